The van der Waals surface area contributed by atoms with Gasteiger partial charge in [-0.15, -0.1) is 6.58 Å². The number of likely N-dealkylation sites (tertiary alicyclic amines) is 1. The van der Waals surface area contributed by atoms with Crippen LogP contribution in [-0.2, 0) is 6.54 Å². The molecule has 1 fully saturated rings. The van der Waals surface area contributed by atoms with Gasteiger partial charge in [0.05, 0.1) is 18.2 Å². The molecule has 1 unspecified atom stereocenters. The summed E-state index contributed by atoms with van der Waals surface area (Å²) in [4.78, 5) is 2.39. The van der Waals surface area contributed by atoms with Crippen LogP contribution in [-0.4, -0.2) is 29.7 Å². The third-order valence-electron chi connectivity index (χ3n) is 4.14. The number of piperidine rings is 1. The van der Waals surface area contributed by atoms with Gasteiger partial charge in [0.25, 0.3) is 0 Å². The molecule has 0 aliphatic carbocycles. The van der Waals surface area contributed by atoms with Gasteiger partial charge in [-0.05, 0) is 43.5 Å². The van der Waals surface area contributed by atoms with Crippen molar-refractivity contribution in [2.75, 3.05) is 19.7 Å². The van der Waals surface area contributed by atoms with Crippen molar-refractivity contribution in [3.63, 3.8) is 0 Å². The number of allylic oxidation sites excluding steroid dienone is 1. The highest BCUT2D eigenvalue weighted by Crippen LogP contribution is 2.33. The van der Waals surface area contributed by atoms with Gasteiger partial charge < -0.3 is 5.11 Å². The topological polar surface area (TPSA) is 47.3 Å². The predicted octanol–water partition coefficient (Wildman–Crippen LogP) is 2.71. The minimum atomic E-state index is -0.0212. The minimum absolute atomic E-state index is 0.0212. The van der Waals surface area contributed by atoms with E-state index in [1.165, 1.54) is 5.56 Å². The Hall–Kier alpha value is -1.63. The van der Waals surface area contributed by atoms with Gasteiger partial charge in [0.15, 0.2) is 0 Å². The van der Waals surface area contributed by atoms with Crippen LogP contribution in [0.15, 0.2) is 36.9 Å². The first kappa shape index (κ1) is 14.8. The number of hydrogen-bond acceptors (Lipinski definition) is 3. The Morgan fingerprint density at radius 2 is 2.15 bits per heavy atom. The molecule has 1 aromatic rings. The second kappa shape index (κ2) is 6.69. The van der Waals surface area contributed by atoms with E-state index in [0.29, 0.717) is 5.56 Å². The summed E-state index contributed by atoms with van der Waals surface area (Å²) in [5, 5.41) is 18.5. The van der Waals surface area contributed by atoms with E-state index in [-0.39, 0.29) is 12.0 Å². The Morgan fingerprint density at radius 3 is 2.75 bits per heavy atom. The molecule has 106 valence electrons. The fraction of sp³-hybridized carbons (Fsp3) is 0.471. The van der Waals surface area contributed by atoms with Crippen molar-refractivity contribution in [2.45, 2.75) is 25.8 Å². The van der Waals surface area contributed by atoms with Crippen molar-refractivity contribution in [1.82, 2.24) is 4.90 Å². The lowest BCUT2D eigenvalue weighted by atomic mass is 9.78. The summed E-state index contributed by atoms with van der Waals surface area (Å²) in [7, 11) is 0. The molecule has 3 heteroatoms. The van der Waals surface area contributed by atoms with Crippen LogP contribution >= 0.6 is 0 Å². The summed E-state index contributed by atoms with van der Waals surface area (Å²) in [5.41, 5.74) is 1.90. The van der Waals surface area contributed by atoms with Crippen molar-refractivity contribution in [2.24, 2.45) is 5.41 Å². The average molecular weight is 270 g/mol. The Morgan fingerprint density at radius 1 is 1.40 bits per heavy atom. The summed E-state index contributed by atoms with van der Waals surface area (Å²) in [6.45, 7) is 6.90. The van der Waals surface area contributed by atoms with E-state index in [4.69, 9.17) is 5.26 Å². The molecular formula is C17H22N2O. The van der Waals surface area contributed by atoms with Gasteiger partial charge in [-0.25, -0.2) is 0 Å². The number of hydrogen-bond donors (Lipinski definition) is 1. The van der Waals surface area contributed by atoms with Crippen molar-refractivity contribution in [1.29, 1.82) is 5.26 Å². The monoisotopic (exact) mass is 270 g/mol. The van der Waals surface area contributed by atoms with Gasteiger partial charge in [0, 0.05) is 18.5 Å². The number of rotatable bonds is 5. The second-order valence-electron chi connectivity index (χ2n) is 5.77. The van der Waals surface area contributed by atoms with E-state index in [1.807, 2.05) is 30.3 Å². The SMILES string of the molecule is C=CCC1(CO)CCCN(Cc2ccc(C#N)cc2)C1. The van der Waals surface area contributed by atoms with Crippen LogP contribution in [0.3, 0.4) is 0 Å². The molecule has 20 heavy (non-hydrogen) atoms. The smallest absolute Gasteiger partial charge is 0.0991 e. The third-order valence-corrected chi connectivity index (χ3v) is 4.14. The van der Waals surface area contributed by atoms with E-state index in [9.17, 15) is 5.11 Å². The van der Waals surface area contributed by atoms with Crippen molar-refractivity contribution < 1.29 is 5.11 Å². The zero-order chi connectivity index (χ0) is 14.4. The number of nitriles is 1. The van der Waals surface area contributed by atoms with E-state index in [1.54, 1.807) is 0 Å². The first-order chi connectivity index (χ1) is 9.71. The fourth-order valence-corrected chi connectivity index (χ4v) is 3.05. The summed E-state index contributed by atoms with van der Waals surface area (Å²) in [5.74, 6) is 0. The van der Waals surface area contributed by atoms with Crippen LogP contribution in [0, 0.1) is 16.7 Å². The van der Waals surface area contributed by atoms with Gasteiger partial charge >= 0.3 is 0 Å². The zero-order valence-corrected chi connectivity index (χ0v) is 11.9. The molecule has 0 aromatic heterocycles. The molecule has 1 aromatic carbocycles. The van der Waals surface area contributed by atoms with Crippen LogP contribution in [0.4, 0.5) is 0 Å². The number of aliphatic hydroxyl groups excluding tert-OH is 1. The summed E-state index contributed by atoms with van der Waals surface area (Å²) in [6, 6.07) is 9.90. The molecule has 2 rings (SSSR count). The highest BCUT2D eigenvalue weighted by Gasteiger charge is 2.33. The third kappa shape index (κ3) is 3.47. The molecule has 1 aliphatic rings. The van der Waals surface area contributed by atoms with Crippen molar-refractivity contribution in [3.8, 4) is 6.07 Å². The highest BCUT2D eigenvalue weighted by molar-refractivity contribution is 5.31. The van der Waals surface area contributed by atoms with Crippen molar-refractivity contribution >= 4 is 0 Å². The minimum Gasteiger partial charge on any atom is -0.396 e. The lowest BCUT2D eigenvalue weighted by Gasteiger charge is -2.41. The van der Waals surface area contributed by atoms with E-state index in [2.05, 4.69) is 17.5 Å². The van der Waals surface area contributed by atoms with Gasteiger partial charge in [-0.3, -0.25) is 4.90 Å². The summed E-state index contributed by atoms with van der Waals surface area (Å²) < 4.78 is 0. The van der Waals surface area contributed by atoms with Gasteiger partial charge in [0.2, 0.25) is 0 Å². The van der Waals surface area contributed by atoms with Crippen LogP contribution in [0.2, 0.25) is 0 Å². The molecule has 0 spiro atoms. The van der Waals surface area contributed by atoms with Crippen LogP contribution in [0.25, 0.3) is 0 Å². The number of aliphatic hydroxyl groups is 1. The first-order valence-electron chi connectivity index (χ1n) is 7.14. The molecule has 0 bridgehead atoms. The summed E-state index contributed by atoms with van der Waals surface area (Å²) >= 11 is 0. The molecule has 1 saturated heterocycles. The Kier molecular flexibility index (Phi) is 4.94. The van der Waals surface area contributed by atoms with Gasteiger partial charge in [-0.2, -0.15) is 5.26 Å². The molecule has 0 radical (unpaired) electrons. The molecular weight excluding hydrogens is 248 g/mol. The maximum Gasteiger partial charge on any atom is 0.0991 e. The second-order valence-corrected chi connectivity index (χ2v) is 5.77. The molecule has 1 atom stereocenters. The van der Waals surface area contributed by atoms with E-state index < -0.39 is 0 Å². The van der Waals surface area contributed by atoms with Gasteiger partial charge in [-0.1, -0.05) is 18.2 Å². The normalized spacial score (nSPS) is 23.2. The lowest BCUT2D eigenvalue weighted by Crippen LogP contribution is -2.44. The Balaban J connectivity index is 2.01. The quantitative estimate of drug-likeness (QED) is 0.837. The maximum absolute atomic E-state index is 9.71. The molecule has 1 aliphatic heterocycles. The van der Waals surface area contributed by atoms with E-state index >= 15 is 0 Å². The molecule has 1 N–H and O–H groups in total. The average Bonchev–Trinajstić information content (AvgIpc) is 2.49. The van der Waals surface area contributed by atoms with Crippen LogP contribution in [0.1, 0.15) is 30.4 Å². The van der Waals surface area contributed by atoms with Crippen LogP contribution in [0.5, 0.6) is 0 Å². The summed E-state index contributed by atoms with van der Waals surface area (Å²) in [6.07, 6.45) is 4.97. The largest absolute Gasteiger partial charge is 0.396 e. The molecule has 3 nitrogen and oxygen atoms in total. The Labute approximate surface area is 121 Å². The lowest BCUT2D eigenvalue weighted by molar-refractivity contribution is 0.0309. The molecule has 0 amide bonds. The fourth-order valence-electron chi connectivity index (χ4n) is 3.05. The standard InChI is InChI=1S/C17H22N2O/c1-2-8-17(14-20)9-3-10-19(13-17)12-16-6-4-15(11-18)5-7-16/h2,4-7,20H,1,3,8-10,12-14H2. The highest BCUT2D eigenvalue weighted by atomic mass is 16.3. The van der Waals surface area contributed by atoms with Gasteiger partial charge in [0.1, 0.15) is 0 Å². The van der Waals surface area contributed by atoms with Crippen LogP contribution < -0.4 is 0 Å². The molecule has 1 heterocycles. The number of nitrogens with zero attached hydrogens (tertiary/aromatic N) is 2. The first-order valence-corrected chi connectivity index (χ1v) is 7.14. The zero-order valence-electron chi connectivity index (χ0n) is 11.9. The Bertz CT molecular complexity index is 489. The van der Waals surface area contributed by atoms with E-state index in [0.717, 1.165) is 38.9 Å². The molecule has 0 saturated carbocycles. The number of benzene rings is 1. The predicted molar refractivity (Wildman–Crippen MR) is 80.0 cm³/mol. The van der Waals surface area contributed by atoms with Crippen molar-refractivity contribution in [3.05, 3.63) is 48.0 Å². The maximum atomic E-state index is 9.71.